The van der Waals surface area contributed by atoms with Crippen LogP contribution in [0.1, 0.15) is 31.2 Å². The van der Waals surface area contributed by atoms with Crippen LogP contribution in [-0.2, 0) is 16.2 Å². The van der Waals surface area contributed by atoms with Crippen LogP contribution in [0.3, 0.4) is 0 Å². The molecule has 2 bridgehead atoms. The first-order valence-corrected chi connectivity index (χ1v) is 7.69. The Labute approximate surface area is 121 Å². The predicted octanol–water partition coefficient (Wildman–Crippen LogP) is 3.43. The second-order valence-electron chi connectivity index (χ2n) is 5.65. The number of carbonyl (C=O) groups is 1. The molecule has 102 valence electrons. The molecule has 19 heavy (non-hydrogen) atoms. The third-order valence-corrected chi connectivity index (χ3v) is 4.87. The lowest BCUT2D eigenvalue weighted by molar-refractivity contribution is -0.158. The van der Waals surface area contributed by atoms with Crippen LogP contribution in [0.4, 0.5) is 0 Å². The van der Waals surface area contributed by atoms with Gasteiger partial charge in [-0.15, -0.1) is 5.48 Å². The van der Waals surface area contributed by atoms with Gasteiger partial charge in [-0.1, -0.05) is 34.5 Å². The highest BCUT2D eigenvalue weighted by Crippen LogP contribution is 2.48. The number of hydrogen-bond acceptors (Lipinski definition) is 3. The summed E-state index contributed by atoms with van der Waals surface area (Å²) in [7, 11) is 0. The summed E-state index contributed by atoms with van der Waals surface area (Å²) in [5, 5.41) is 0. The number of hydrogen-bond donors (Lipinski definition) is 1. The van der Waals surface area contributed by atoms with Crippen LogP contribution in [0.5, 0.6) is 0 Å². The van der Waals surface area contributed by atoms with Crippen molar-refractivity contribution in [1.82, 2.24) is 5.48 Å². The molecular weight excluding hydrogens is 306 g/mol. The molecule has 3 rings (SSSR count). The summed E-state index contributed by atoms with van der Waals surface area (Å²) in [5.41, 5.74) is 3.89. The predicted molar refractivity (Wildman–Crippen MR) is 76.0 cm³/mol. The SMILES string of the molecule is O=C(ONCc1cccc(Br)c1)C1CC2CCC1C2. The fraction of sp³-hybridized carbons (Fsp3) is 0.533. The Bertz CT molecular complexity index is 477. The summed E-state index contributed by atoms with van der Waals surface area (Å²) >= 11 is 3.42. The van der Waals surface area contributed by atoms with E-state index >= 15 is 0 Å². The molecule has 2 aliphatic rings. The average Bonchev–Trinajstić information content (AvgIpc) is 3.01. The van der Waals surface area contributed by atoms with E-state index in [2.05, 4.69) is 21.4 Å². The van der Waals surface area contributed by atoms with E-state index in [4.69, 9.17) is 4.84 Å². The average molecular weight is 324 g/mol. The number of halogens is 1. The zero-order chi connectivity index (χ0) is 13.2. The highest BCUT2D eigenvalue weighted by Gasteiger charge is 2.44. The Hall–Kier alpha value is -0.870. The quantitative estimate of drug-likeness (QED) is 0.863. The largest absolute Gasteiger partial charge is 0.370 e. The van der Waals surface area contributed by atoms with Gasteiger partial charge in [-0.25, -0.2) is 0 Å². The van der Waals surface area contributed by atoms with Crippen molar-refractivity contribution in [3.05, 3.63) is 34.3 Å². The van der Waals surface area contributed by atoms with Crippen LogP contribution in [0, 0.1) is 17.8 Å². The molecule has 3 atom stereocenters. The molecule has 3 nitrogen and oxygen atoms in total. The Balaban J connectivity index is 1.46. The molecule has 1 aromatic carbocycles. The third-order valence-electron chi connectivity index (χ3n) is 4.38. The normalized spacial score (nSPS) is 28.6. The summed E-state index contributed by atoms with van der Waals surface area (Å²) in [5.74, 6) is 1.41. The van der Waals surface area contributed by atoms with E-state index in [9.17, 15) is 4.79 Å². The maximum Gasteiger partial charge on any atom is 0.328 e. The number of carbonyl (C=O) groups excluding carboxylic acids is 1. The lowest BCUT2D eigenvalue weighted by atomic mass is 9.89. The Morgan fingerprint density at radius 1 is 1.37 bits per heavy atom. The molecule has 2 saturated carbocycles. The van der Waals surface area contributed by atoms with Crippen molar-refractivity contribution < 1.29 is 9.63 Å². The number of benzene rings is 1. The van der Waals surface area contributed by atoms with Gasteiger partial charge in [0.15, 0.2) is 0 Å². The molecule has 0 aromatic heterocycles. The van der Waals surface area contributed by atoms with Gasteiger partial charge in [0.05, 0.1) is 12.5 Å². The summed E-state index contributed by atoms with van der Waals surface area (Å²) in [6.07, 6.45) is 4.77. The summed E-state index contributed by atoms with van der Waals surface area (Å²) in [6, 6.07) is 7.96. The van der Waals surface area contributed by atoms with Crippen LogP contribution < -0.4 is 5.48 Å². The van der Waals surface area contributed by atoms with Crippen molar-refractivity contribution in [2.24, 2.45) is 17.8 Å². The molecule has 0 saturated heterocycles. The zero-order valence-electron chi connectivity index (χ0n) is 10.8. The van der Waals surface area contributed by atoms with Crippen LogP contribution in [0.2, 0.25) is 0 Å². The molecule has 0 aliphatic heterocycles. The van der Waals surface area contributed by atoms with Gasteiger partial charge in [0.2, 0.25) is 0 Å². The fourth-order valence-corrected chi connectivity index (χ4v) is 3.89. The minimum Gasteiger partial charge on any atom is -0.370 e. The number of fused-ring (bicyclic) bond motifs is 2. The molecular formula is C15H18BrNO2. The maximum absolute atomic E-state index is 12.0. The number of rotatable bonds is 4. The van der Waals surface area contributed by atoms with Gasteiger partial charge in [0.1, 0.15) is 0 Å². The topological polar surface area (TPSA) is 38.3 Å². The Morgan fingerprint density at radius 3 is 2.95 bits per heavy atom. The first kappa shape index (κ1) is 13.1. The van der Waals surface area contributed by atoms with Crippen molar-refractivity contribution >= 4 is 21.9 Å². The van der Waals surface area contributed by atoms with Crippen molar-refractivity contribution in [2.45, 2.75) is 32.2 Å². The van der Waals surface area contributed by atoms with Crippen molar-refractivity contribution in [2.75, 3.05) is 0 Å². The number of hydroxylamine groups is 1. The second kappa shape index (κ2) is 5.63. The minimum absolute atomic E-state index is 0.0674. The lowest BCUT2D eigenvalue weighted by Crippen LogP contribution is -2.28. The third kappa shape index (κ3) is 3.00. The molecule has 3 unspecified atom stereocenters. The second-order valence-corrected chi connectivity index (χ2v) is 6.57. The number of nitrogens with one attached hydrogen (secondary N) is 1. The summed E-state index contributed by atoms with van der Waals surface area (Å²) < 4.78 is 1.03. The Kier molecular flexibility index (Phi) is 3.89. The highest BCUT2D eigenvalue weighted by molar-refractivity contribution is 9.10. The van der Waals surface area contributed by atoms with Crippen LogP contribution in [0.25, 0.3) is 0 Å². The summed E-state index contributed by atoms with van der Waals surface area (Å²) in [4.78, 5) is 17.2. The van der Waals surface area contributed by atoms with E-state index in [0.29, 0.717) is 12.5 Å². The van der Waals surface area contributed by atoms with Crippen molar-refractivity contribution in [3.8, 4) is 0 Å². The smallest absolute Gasteiger partial charge is 0.328 e. The van der Waals surface area contributed by atoms with Gasteiger partial charge >= 0.3 is 5.97 Å². The molecule has 1 aromatic rings. The zero-order valence-corrected chi connectivity index (χ0v) is 12.4. The van der Waals surface area contributed by atoms with E-state index in [0.717, 1.165) is 22.4 Å². The van der Waals surface area contributed by atoms with Crippen LogP contribution in [0.15, 0.2) is 28.7 Å². The monoisotopic (exact) mass is 323 g/mol. The molecule has 0 spiro atoms. The molecule has 2 fully saturated rings. The van der Waals surface area contributed by atoms with Gasteiger partial charge in [0.25, 0.3) is 0 Å². The van der Waals surface area contributed by atoms with Gasteiger partial charge in [0, 0.05) is 4.47 Å². The molecule has 1 N–H and O–H groups in total. The van der Waals surface area contributed by atoms with E-state index in [1.165, 1.54) is 19.3 Å². The standard InChI is InChI=1S/C15H18BrNO2/c16-13-3-1-2-11(7-13)9-17-19-15(18)14-8-10-4-5-12(14)6-10/h1-3,7,10,12,14,17H,4-6,8-9H2. The van der Waals surface area contributed by atoms with E-state index in [-0.39, 0.29) is 11.9 Å². The summed E-state index contributed by atoms with van der Waals surface area (Å²) in [6.45, 7) is 0.548. The van der Waals surface area contributed by atoms with E-state index in [1.807, 2.05) is 24.3 Å². The Morgan fingerprint density at radius 2 is 2.26 bits per heavy atom. The maximum atomic E-state index is 12.0. The van der Waals surface area contributed by atoms with Crippen molar-refractivity contribution in [1.29, 1.82) is 0 Å². The van der Waals surface area contributed by atoms with Gasteiger partial charge < -0.3 is 4.84 Å². The molecule has 0 heterocycles. The molecule has 0 amide bonds. The van der Waals surface area contributed by atoms with Crippen LogP contribution >= 0.6 is 15.9 Å². The molecule has 0 radical (unpaired) electrons. The lowest BCUT2D eigenvalue weighted by Gasteiger charge is -2.19. The van der Waals surface area contributed by atoms with Gasteiger partial charge in [-0.05, 0) is 48.8 Å². The van der Waals surface area contributed by atoms with Crippen molar-refractivity contribution in [3.63, 3.8) is 0 Å². The fourth-order valence-electron chi connectivity index (χ4n) is 3.45. The molecule has 4 heteroatoms. The van der Waals surface area contributed by atoms with E-state index in [1.54, 1.807) is 0 Å². The highest BCUT2D eigenvalue weighted by atomic mass is 79.9. The van der Waals surface area contributed by atoms with Gasteiger partial charge in [-0.2, -0.15) is 0 Å². The first-order chi connectivity index (χ1) is 9.22. The minimum atomic E-state index is -0.0674. The van der Waals surface area contributed by atoms with Crippen LogP contribution in [-0.4, -0.2) is 5.97 Å². The van der Waals surface area contributed by atoms with E-state index < -0.39 is 0 Å². The van der Waals surface area contributed by atoms with Gasteiger partial charge in [-0.3, -0.25) is 4.79 Å². The first-order valence-electron chi connectivity index (χ1n) is 6.90. The molecule has 2 aliphatic carbocycles.